The van der Waals surface area contributed by atoms with Crippen LogP contribution in [0.1, 0.15) is 84.1 Å². The molecule has 4 heteroatoms. The molecular weight excluding hydrogens is 404 g/mol. The predicted octanol–water partition coefficient (Wildman–Crippen LogP) is 5.68. The number of carbonyl (C=O) groups excluding carboxylic acids is 1. The molecule has 1 aromatic rings. The highest BCUT2D eigenvalue weighted by Crippen LogP contribution is 2.71. The first-order valence-electron chi connectivity index (χ1n) is 12.3. The topological polar surface area (TPSA) is 57.5 Å². The Morgan fingerprint density at radius 3 is 2.39 bits per heavy atom. The number of carbonyl (C=O) groups is 1. The van der Waals surface area contributed by atoms with Crippen molar-refractivity contribution in [1.82, 2.24) is 0 Å². The third kappa shape index (κ3) is 2.97. The molecule has 8 atom stereocenters. The van der Waals surface area contributed by atoms with E-state index in [1.165, 1.54) is 6.42 Å². The Morgan fingerprint density at radius 1 is 0.935 bits per heavy atom. The minimum absolute atomic E-state index is 0.246. The average molecular weight is 443 g/mol. The summed E-state index contributed by atoms with van der Waals surface area (Å²) in [5.74, 6) is 1.44. The van der Waals surface area contributed by atoms with Crippen LogP contribution in [0, 0.1) is 28.6 Å². The molecule has 0 aliphatic heterocycles. The van der Waals surface area contributed by atoms with Crippen LogP contribution in [0.15, 0.2) is 30.3 Å². The van der Waals surface area contributed by atoms with Crippen molar-refractivity contribution < 1.29 is 15.0 Å². The first-order valence-corrected chi connectivity index (χ1v) is 13.2. The second-order valence-corrected chi connectivity index (χ2v) is 13.0. The van der Waals surface area contributed by atoms with Gasteiger partial charge in [-0.2, -0.15) is 0 Å². The molecule has 4 aliphatic rings. The summed E-state index contributed by atoms with van der Waals surface area (Å²) in [6.07, 6.45) is 8.94. The highest BCUT2D eigenvalue weighted by atomic mass is 32.2. The van der Waals surface area contributed by atoms with Gasteiger partial charge in [-0.3, -0.25) is 4.79 Å². The van der Waals surface area contributed by atoms with E-state index in [2.05, 4.69) is 13.8 Å². The molecule has 0 bridgehead atoms. The second kappa shape index (κ2) is 7.33. The molecule has 5 rings (SSSR count). The molecule has 0 aromatic heterocycles. The van der Waals surface area contributed by atoms with Gasteiger partial charge >= 0.3 is 0 Å². The van der Waals surface area contributed by atoms with Crippen LogP contribution >= 0.6 is 11.8 Å². The van der Waals surface area contributed by atoms with Gasteiger partial charge in [0.25, 0.3) is 0 Å². The van der Waals surface area contributed by atoms with Crippen LogP contribution in [0.5, 0.6) is 0 Å². The van der Waals surface area contributed by atoms with Crippen LogP contribution in [0.2, 0.25) is 0 Å². The standard InChI is InChI=1S/C27H38O3S/c1-18(28)31-21-11-13-24(2)20(17-21)9-10-23-22(24)12-14-25(3)26(29,15-16-27(23,25)30)19-7-5-4-6-8-19/h4-8,20-23,29-30H,9-17H2,1-3H3/t20-,21+,22+,23-,24+,25-,26+,27+/m1/s1. The Morgan fingerprint density at radius 2 is 1.68 bits per heavy atom. The van der Waals surface area contributed by atoms with Crippen molar-refractivity contribution >= 4 is 16.9 Å². The molecule has 0 heterocycles. The number of hydrogen-bond acceptors (Lipinski definition) is 4. The Bertz CT molecular complexity index is 857. The van der Waals surface area contributed by atoms with E-state index in [0.29, 0.717) is 29.9 Å². The first-order chi connectivity index (χ1) is 14.6. The minimum atomic E-state index is -0.957. The third-order valence-corrected chi connectivity index (χ3v) is 11.6. The number of rotatable bonds is 2. The molecule has 0 amide bonds. The maximum absolute atomic E-state index is 12.3. The Hall–Kier alpha value is -0.840. The molecule has 1 aromatic carbocycles. The second-order valence-electron chi connectivity index (χ2n) is 11.5. The van der Waals surface area contributed by atoms with Gasteiger partial charge in [0.15, 0.2) is 5.12 Å². The first kappa shape index (κ1) is 22.0. The summed E-state index contributed by atoms with van der Waals surface area (Å²) in [6.45, 7) is 6.34. The number of hydrogen-bond donors (Lipinski definition) is 2. The van der Waals surface area contributed by atoms with E-state index in [1.54, 1.807) is 18.7 Å². The van der Waals surface area contributed by atoms with Gasteiger partial charge in [-0.1, -0.05) is 55.9 Å². The largest absolute Gasteiger partial charge is 0.389 e. The van der Waals surface area contributed by atoms with Crippen molar-refractivity contribution in [2.24, 2.45) is 28.6 Å². The third-order valence-electron chi connectivity index (χ3n) is 10.5. The molecule has 4 saturated carbocycles. The van der Waals surface area contributed by atoms with Gasteiger partial charge in [0.1, 0.15) is 0 Å². The number of benzene rings is 1. The van der Waals surface area contributed by atoms with Crippen LogP contribution in [-0.4, -0.2) is 26.2 Å². The van der Waals surface area contributed by atoms with Gasteiger partial charge in [-0.05, 0) is 86.5 Å². The van der Waals surface area contributed by atoms with Gasteiger partial charge in [-0.15, -0.1) is 0 Å². The maximum atomic E-state index is 12.3. The van der Waals surface area contributed by atoms with Gasteiger partial charge in [0.05, 0.1) is 11.2 Å². The van der Waals surface area contributed by atoms with Gasteiger partial charge in [-0.25, -0.2) is 0 Å². The summed E-state index contributed by atoms with van der Waals surface area (Å²) in [6, 6.07) is 10.1. The Kier molecular flexibility index (Phi) is 5.20. The highest BCUT2D eigenvalue weighted by Gasteiger charge is 2.71. The summed E-state index contributed by atoms with van der Waals surface area (Å²) in [5, 5.41) is 25.0. The average Bonchev–Trinajstić information content (AvgIpc) is 2.97. The quantitative estimate of drug-likeness (QED) is 0.619. The van der Waals surface area contributed by atoms with E-state index in [4.69, 9.17) is 0 Å². The molecule has 170 valence electrons. The van der Waals surface area contributed by atoms with E-state index in [1.807, 2.05) is 30.3 Å². The van der Waals surface area contributed by atoms with Crippen LogP contribution < -0.4 is 0 Å². The molecule has 0 radical (unpaired) electrons. The fraction of sp³-hybridized carbons (Fsp3) is 0.741. The van der Waals surface area contributed by atoms with Crippen molar-refractivity contribution in [1.29, 1.82) is 0 Å². The van der Waals surface area contributed by atoms with E-state index < -0.39 is 16.6 Å². The Labute approximate surface area is 191 Å². The fourth-order valence-corrected chi connectivity index (χ4v) is 9.76. The van der Waals surface area contributed by atoms with Crippen LogP contribution in [0.3, 0.4) is 0 Å². The smallest absolute Gasteiger partial charge is 0.186 e. The van der Waals surface area contributed by atoms with Crippen LogP contribution in [0.4, 0.5) is 0 Å². The maximum Gasteiger partial charge on any atom is 0.186 e. The van der Waals surface area contributed by atoms with Crippen molar-refractivity contribution in [3.8, 4) is 0 Å². The summed E-state index contributed by atoms with van der Waals surface area (Å²) in [7, 11) is 0. The highest BCUT2D eigenvalue weighted by molar-refractivity contribution is 8.14. The SMILES string of the molecule is CC(=O)S[C@H]1CC[C@@]2(C)[C@H](CC[C@@H]3[C@@H]2CC[C@]2(C)[C@@](O)(c4ccccc4)CC[C@]32O)C1. The molecule has 31 heavy (non-hydrogen) atoms. The molecule has 0 spiro atoms. The van der Waals surface area contributed by atoms with Crippen LogP contribution in [-0.2, 0) is 10.4 Å². The van der Waals surface area contributed by atoms with Crippen molar-refractivity contribution in [3.63, 3.8) is 0 Å². The summed E-state index contributed by atoms with van der Waals surface area (Å²) in [5.41, 5.74) is -1.05. The van der Waals surface area contributed by atoms with Crippen molar-refractivity contribution in [2.45, 2.75) is 95.0 Å². The van der Waals surface area contributed by atoms with Gasteiger partial charge in [0, 0.05) is 17.6 Å². The van der Waals surface area contributed by atoms with E-state index in [9.17, 15) is 15.0 Å². The number of thioether (sulfide) groups is 1. The molecule has 0 unspecified atom stereocenters. The van der Waals surface area contributed by atoms with Gasteiger partial charge < -0.3 is 10.2 Å². The van der Waals surface area contributed by atoms with Crippen molar-refractivity contribution in [3.05, 3.63) is 35.9 Å². The molecule has 4 aliphatic carbocycles. The lowest BCUT2D eigenvalue weighted by Crippen LogP contribution is -2.64. The van der Waals surface area contributed by atoms with E-state index in [-0.39, 0.29) is 16.4 Å². The fourth-order valence-electron chi connectivity index (χ4n) is 8.72. The van der Waals surface area contributed by atoms with Crippen LogP contribution in [0.25, 0.3) is 0 Å². The number of fused-ring (bicyclic) bond motifs is 5. The van der Waals surface area contributed by atoms with E-state index in [0.717, 1.165) is 44.1 Å². The summed E-state index contributed by atoms with van der Waals surface area (Å²) in [4.78, 5) is 11.7. The lowest BCUT2D eigenvalue weighted by Gasteiger charge is -2.64. The lowest BCUT2D eigenvalue weighted by molar-refractivity contribution is -0.235. The van der Waals surface area contributed by atoms with Gasteiger partial charge in [0.2, 0.25) is 0 Å². The molecule has 0 saturated heterocycles. The normalized spacial score (nSPS) is 49.1. The van der Waals surface area contributed by atoms with Crippen molar-refractivity contribution in [2.75, 3.05) is 0 Å². The zero-order valence-electron chi connectivity index (χ0n) is 19.3. The zero-order chi connectivity index (χ0) is 22.1. The monoisotopic (exact) mass is 442 g/mol. The molecule has 4 fully saturated rings. The molecule has 3 nitrogen and oxygen atoms in total. The molecule has 2 N–H and O–H groups in total. The lowest BCUT2D eigenvalue weighted by atomic mass is 9.43. The van der Waals surface area contributed by atoms with E-state index >= 15 is 0 Å². The Balaban J connectivity index is 1.44. The summed E-state index contributed by atoms with van der Waals surface area (Å²) < 4.78 is 0. The predicted molar refractivity (Wildman–Crippen MR) is 126 cm³/mol. The minimum Gasteiger partial charge on any atom is -0.389 e. The number of aliphatic hydroxyl groups is 2. The molecular formula is C27H38O3S. The summed E-state index contributed by atoms with van der Waals surface area (Å²) >= 11 is 1.55. The zero-order valence-corrected chi connectivity index (χ0v) is 20.1.